The van der Waals surface area contributed by atoms with Gasteiger partial charge in [-0.15, -0.1) is 35.3 Å². The predicted octanol–water partition coefficient (Wildman–Crippen LogP) is 4.20. The van der Waals surface area contributed by atoms with Gasteiger partial charge in [0, 0.05) is 36.6 Å². The summed E-state index contributed by atoms with van der Waals surface area (Å²) in [7, 11) is 1.81. The first-order chi connectivity index (χ1) is 12.0. The third-order valence-electron chi connectivity index (χ3n) is 4.07. The molecule has 2 rings (SSSR count). The topological polar surface area (TPSA) is 48.5 Å². The molecule has 0 aliphatic heterocycles. The highest BCUT2D eigenvalue weighted by Gasteiger charge is 2.21. The maximum Gasteiger partial charge on any atom is 0.191 e. The molecule has 144 valence electrons. The van der Waals surface area contributed by atoms with Gasteiger partial charge in [0.15, 0.2) is 5.96 Å². The van der Waals surface area contributed by atoms with Gasteiger partial charge >= 0.3 is 0 Å². The van der Waals surface area contributed by atoms with Crippen LogP contribution in [-0.4, -0.2) is 31.6 Å². The van der Waals surface area contributed by atoms with Gasteiger partial charge in [0.1, 0.15) is 0 Å². The van der Waals surface area contributed by atoms with Gasteiger partial charge in [-0.1, -0.05) is 36.4 Å². The van der Waals surface area contributed by atoms with E-state index in [1.54, 1.807) is 11.3 Å². The Morgan fingerprint density at radius 1 is 1.12 bits per heavy atom. The van der Waals surface area contributed by atoms with Crippen molar-refractivity contribution >= 4 is 41.3 Å². The summed E-state index contributed by atoms with van der Waals surface area (Å²) in [5.41, 5.74) is 1.25. The molecule has 0 aliphatic rings. The average molecular weight is 486 g/mol. The second kappa shape index (κ2) is 11.6. The zero-order valence-corrected chi connectivity index (χ0v) is 19.2. The number of benzene rings is 1. The lowest BCUT2D eigenvalue weighted by Gasteiger charge is -2.31. The molecule has 0 amide bonds. The lowest BCUT2D eigenvalue weighted by molar-refractivity contribution is 0.345. The molecule has 2 aromatic rings. The van der Waals surface area contributed by atoms with Crippen molar-refractivity contribution in [3.63, 3.8) is 0 Å². The van der Waals surface area contributed by atoms with E-state index >= 15 is 0 Å². The molecule has 0 saturated heterocycles. The van der Waals surface area contributed by atoms with Crippen molar-refractivity contribution < 1.29 is 0 Å². The molecule has 1 unspecified atom stereocenters. The van der Waals surface area contributed by atoms with Gasteiger partial charge in [-0.05, 0) is 44.2 Å². The Morgan fingerprint density at radius 2 is 1.85 bits per heavy atom. The van der Waals surface area contributed by atoms with E-state index in [1.807, 2.05) is 7.05 Å². The fraction of sp³-hybridized carbons (Fsp3) is 0.450. The third-order valence-corrected chi connectivity index (χ3v) is 5.01. The molecule has 1 heterocycles. The molecule has 6 heteroatoms. The summed E-state index contributed by atoms with van der Waals surface area (Å²) < 4.78 is 0. The minimum absolute atomic E-state index is 0. The molecule has 3 N–H and O–H groups in total. The maximum absolute atomic E-state index is 4.32. The second-order valence-corrected chi connectivity index (χ2v) is 7.87. The van der Waals surface area contributed by atoms with Crippen LogP contribution < -0.4 is 16.0 Å². The Hall–Kier alpha value is -1.12. The van der Waals surface area contributed by atoms with Crippen LogP contribution in [0.1, 0.15) is 37.3 Å². The van der Waals surface area contributed by atoms with Gasteiger partial charge in [0.05, 0.1) is 0 Å². The summed E-state index contributed by atoms with van der Waals surface area (Å²) in [5, 5.41) is 12.6. The van der Waals surface area contributed by atoms with Crippen molar-refractivity contribution in [1.82, 2.24) is 16.0 Å². The summed E-state index contributed by atoms with van der Waals surface area (Å²) in [6.45, 7) is 8.29. The Morgan fingerprint density at radius 3 is 2.46 bits per heavy atom. The van der Waals surface area contributed by atoms with Crippen molar-refractivity contribution in [3.8, 4) is 0 Å². The predicted molar refractivity (Wildman–Crippen MR) is 125 cm³/mol. The van der Waals surface area contributed by atoms with Crippen molar-refractivity contribution in [2.75, 3.05) is 20.1 Å². The van der Waals surface area contributed by atoms with E-state index in [9.17, 15) is 0 Å². The number of hydrogen-bond acceptors (Lipinski definition) is 3. The van der Waals surface area contributed by atoms with Crippen LogP contribution >= 0.6 is 35.3 Å². The van der Waals surface area contributed by atoms with Crippen LogP contribution in [-0.2, 0) is 6.42 Å². The summed E-state index contributed by atoms with van der Waals surface area (Å²) >= 11 is 1.79. The normalized spacial score (nSPS) is 13.0. The number of halogens is 1. The molecule has 1 aromatic carbocycles. The average Bonchev–Trinajstić information content (AvgIpc) is 3.11. The van der Waals surface area contributed by atoms with E-state index in [4.69, 9.17) is 0 Å². The van der Waals surface area contributed by atoms with Crippen molar-refractivity contribution in [3.05, 3.63) is 58.3 Å². The van der Waals surface area contributed by atoms with Crippen LogP contribution in [0.4, 0.5) is 0 Å². The molecular formula is C20H31IN4S. The lowest BCUT2D eigenvalue weighted by Crippen LogP contribution is -2.52. The number of hydrogen-bond donors (Lipinski definition) is 3. The van der Waals surface area contributed by atoms with Crippen LogP contribution in [0.5, 0.6) is 0 Å². The minimum atomic E-state index is -0.0549. The van der Waals surface area contributed by atoms with E-state index in [1.165, 1.54) is 10.4 Å². The van der Waals surface area contributed by atoms with E-state index in [-0.39, 0.29) is 29.5 Å². The van der Waals surface area contributed by atoms with Crippen LogP contribution in [0.25, 0.3) is 0 Å². The van der Waals surface area contributed by atoms with E-state index < -0.39 is 0 Å². The number of nitrogens with zero attached hydrogens (tertiary/aromatic N) is 1. The van der Waals surface area contributed by atoms with Crippen molar-refractivity contribution in [2.45, 2.75) is 38.8 Å². The summed E-state index contributed by atoms with van der Waals surface area (Å²) in [4.78, 5) is 5.71. The molecule has 0 fully saturated rings. The summed E-state index contributed by atoms with van der Waals surface area (Å²) in [6, 6.07) is 15.1. The number of thiophene rings is 1. The summed E-state index contributed by atoms with van der Waals surface area (Å²) in [6.07, 6.45) is 1.02. The molecule has 1 aromatic heterocycles. The second-order valence-electron chi connectivity index (χ2n) is 6.84. The zero-order valence-electron chi connectivity index (χ0n) is 16.1. The van der Waals surface area contributed by atoms with Gasteiger partial charge in [0.25, 0.3) is 0 Å². The molecular weight excluding hydrogens is 455 g/mol. The molecule has 0 bridgehead atoms. The Balaban J connectivity index is 0.00000338. The van der Waals surface area contributed by atoms with Crippen molar-refractivity contribution in [1.29, 1.82) is 0 Å². The van der Waals surface area contributed by atoms with Gasteiger partial charge in [-0.2, -0.15) is 0 Å². The van der Waals surface area contributed by atoms with Gasteiger partial charge < -0.3 is 16.0 Å². The highest BCUT2D eigenvalue weighted by molar-refractivity contribution is 14.0. The molecule has 26 heavy (non-hydrogen) atoms. The first kappa shape index (κ1) is 22.9. The van der Waals surface area contributed by atoms with Gasteiger partial charge in [-0.3, -0.25) is 4.99 Å². The lowest BCUT2D eigenvalue weighted by atomic mass is 10.0. The van der Waals surface area contributed by atoms with E-state index in [0.29, 0.717) is 6.04 Å². The van der Waals surface area contributed by atoms with Crippen LogP contribution in [0, 0.1) is 0 Å². The smallest absolute Gasteiger partial charge is 0.191 e. The molecule has 0 saturated carbocycles. The Labute approximate surface area is 178 Å². The monoisotopic (exact) mass is 486 g/mol. The van der Waals surface area contributed by atoms with E-state index in [0.717, 1.165) is 25.5 Å². The van der Waals surface area contributed by atoms with E-state index in [2.05, 4.69) is 89.6 Å². The molecule has 4 nitrogen and oxygen atoms in total. The molecule has 0 spiro atoms. The SMILES string of the molecule is CN=C(NCCc1cccs1)NCC(C)(C)NC(C)c1ccccc1.I. The fourth-order valence-corrected chi connectivity index (χ4v) is 3.46. The maximum atomic E-state index is 4.32. The Bertz CT molecular complexity index is 641. The first-order valence-electron chi connectivity index (χ1n) is 8.80. The standard InChI is InChI=1S/C20H30N4S.HI/c1-16(17-9-6-5-7-10-17)24-20(2,3)15-23-19(21-4)22-13-12-18-11-8-14-25-18;/h5-11,14,16,24H,12-13,15H2,1-4H3,(H2,21,22,23);1H. The number of guanidine groups is 1. The van der Waals surface area contributed by atoms with Gasteiger partial charge in [0.2, 0.25) is 0 Å². The first-order valence-corrected chi connectivity index (χ1v) is 9.68. The van der Waals surface area contributed by atoms with Gasteiger partial charge in [-0.25, -0.2) is 0 Å². The van der Waals surface area contributed by atoms with Crippen LogP contribution in [0.15, 0.2) is 52.8 Å². The highest BCUT2D eigenvalue weighted by atomic mass is 127. The quantitative estimate of drug-likeness (QED) is 0.298. The third kappa shape index (κ3) is 8.05. The minimum Gasteiger partial charge on any atom is -0.356 e. The molecule has 1 atom stereocenters. The largest absolute Gasteiger partial charge is 0.356 e. The highest BCUT2D eigenvalue weighted by Crippen LogP contribution is 2.15. The van der Waals surface area contributed by atoms with Crippen LogP contribution in [0.2, 0.25) is 0 Å². The zero-order chi connectivity index (χ0) is 18.1. The number of aliphatic imine (C=N–C) groups is 1. The molecule has 0 radical (unpaired) electrons. The van der Waals surface area contributed by atoms with Crippen molar-refractivity contribution in [2.24, 2.45) is 4.99 Å². The molecule has 0 aliphatic carbocycles. The van der Waals surface area contributed by atoms with Crippen LogP contribution in [0.3, 0.4) is 0 Å². The fourth-order valence-electron chi connectivity index (χ4n) is 2.75. The number of rotatable bonds is 8. The Kier molecular flexibility index (Phi) is 10.2. The summed E-state index contributed by atoms with van der Waals surface area (Å²) in [5.74, 6) is 0.846. The number of nitrogens with one attached hydrogen (secondary N) is 3.